The minimum absolute atomic E-state index is 0.0278. The van der Waals surface area contributed by atoms with Gasteiger partial charge in [0.05, 0.1) is 6.61 Å². The van der Waals surface area contributed by atoms with E-state index in [4.69, 9.17) is 14.2 Å². The number of carbonyl (C=O) groups is 2. The molecule has 0 heterocycles. The molecule has 0 aromatic heterocycles. The van der Waals surface area contributed by atoms with Gasteiger partial charge in [-0.3, -0.25) is 9.59 Å². The molecular formula is C61H100O5. The molecule has 0 fully saturated rings. The van der Waals surface area contributed by atoms with Gasteiger partial charge in [0.25, 0.3) is 0 Å². The van der Waals surface area contributed by atoms with Gasteiger partial charge in [-0.2, -0.15) is 0 Å². The fourth-order valence-electron chi connectivity index (χ4n) is 7.05. The molecular weight excluding hydrogens is 813 g/mol. The van der Waals surface area contributed by atoms with Crippen LogP contribution in [0.25, 0.3) is 0 Å². The smallest absolute Gasteiger partial charge is 0.306 e. The predicted octanol–water partition coefficient (Wildman–Crippen LogP) is 18.6. The SMILES string of the molecule is CC/C=C\C/C=C\C/C=C\C/C=C\C/C=C\CCCC(=O)OCC(COCCCCCCCCCCCCCCCCCC)OC(=O)CCC/C=C\C/C=C\C/C=C\C/C=C\C/C=C\CC. The summed E-state index contributed by atoms with van der Waals surface area (Å²) in [6, 6.07) is 0. The maximum Gasteiger partial charge on any atom is 0.306 e. The maximum atomic E-state index is 12.8. The molecule has 0 N–H and O–H groups in total. The summed E-state index contributed by atoms with van der Waals surface area (Å²) in [6.45, 7) is 7.48. The zero-order valence-electron chi connectivity index (χ0n) is 42.9. The van der Waals surface area contributed by atoms with E-state index < -0.39 is 6.10 Å². The highest BCUT2D eigenvalue weighted by atomic mass is 16.6. The Hall–Kier alpha value is -3.70. The van der Waals surface area contributed by atoms with Crippen molar-refractivity contribution in [3.05, 3.63) is 122 Å². The van der Waals surface area contributed by atoms with Crippen molar-refractivity contribution in [3.63, 3.8) is 0 Å². The van der Waals surface area contributed by atoms with Crippen LogP contribution in [-0.2, 0) is 23.8 Å². The zero-order valence-corrected chi connectivity index (χ0v) is 42.9. The molecule has 66 heavy (non-hydrogen) atoms. The minimum Gasteiger partial charge on any atom is -0.462 e. The van der Waals surface area contributed by atoms with Crippen molar-refractivity contribution in [2.24, 2.45) is 0 Å². The molecule has 0 amide bonds. The van der Waals surface area contributed by atoms with Crippen molar-refractivity contribution in [1.82, 2.24) is 0 Å². The van der Waals surface area contributed by atoms with Gasteiger partial charge >= 0.3 is 11.9 Å². The van der Waals surface area contributed by atoms with Crippen LogP contribution in [0.15, 0.2) is 122 Å². The molecule has 1 unspecified atom stereocenters. The molecule has 0 saturated heterocycles. The van der Waals surface area contributed by atoms with Crippen LogP contribution >= 0.6 is 0 Å². The number of ether oxygens (including phenoxy) is 3. The molecule has 5 heteroatoms. The first-order chi connectivity index (χ1) is 32.6. The van der Waals surface area contributed by atoms with E-state index in [1.165, 1.54) is 89.9 Å². The summed E-state index contributed by atoms with van der Waals surface area (Å²) in [5, 5.41) is 0. The number of allylic oxidation sites excluding steroid dienone is 20. The zero-order chi connectivity index (χ0) is 47.7. The topological polar surface area (TPSA) is 61.8 Å². The largest absolute Gasteiger partial charge is 0.462 e. The van der Waals surface area contributed by atoms with Gasteiger partial charge in [0.2, 0.25) is 0 Å². The van der Waals surface area contributed by atoms with Gasteiger partial charge in [-0.05, 0) is 96.3 Å². The average molecular weight is 913 g/mol. The van der Waals surface area contributed by atoms with Crippen LogP contribution in [0.2, 0.25) is 0 Å². The Morgan fingerprint density at radius 2 is 0.667 bits per heavy atom. The van der Waals surface area contributed by atoms with E-state index in [-0.39, 0.29) is 25.2 Å². The van der Waals surface area contributed by atoms with Crippen molar-refractivity contribution in [1.29, 1.82) is 0 Å². The first-order valence-electron chi connectivity index (χ1n) is 27.1. The quantitative estimate of drug-likeness (QED) is 0.0346. The molecule has 0 aromatic rings. The molecule has 0 aliphatic carbocycles. The van der Waals surface area contributed by atoms with E-state index in [1.54, 1.807) is 0 Å². The van der Waals surface area contributed by atoms with Crippen LogP contribution in [0.1, 0.15) is 226 Å². The van der Waals surface area contributed by atoms with Crippen molar-refractivity contribution in [3.8, 4) is 0 Å². The van der Waals surface area contributed by atoms with Crippen LogP contribution in [0.4, 0.5) is 0 Å². The van der Waals surface area contributed by atoms with Crippen LogP contribution in [0.3, 0.4) is 0 Å². The third-order valence-electron chi connectivity index (χ3n) is 11.0. The number of rotatable bonds is 48. The monoisotopic (exact) mass is 913 g/mol. The normalized spacial score (nSPS) is 13.2. The van der Waals surface area contributed by atoms with E-state index in [2.05, 4.69) is 142 Å². The predicted molar refractivity (Wildman–Crippen MR) is 288 cm³/mol. The first kappa shape index (κ1) is 62.3. The summed E-state index contributed by atoms with van der Waals surface area (Å²) < 4.78 is 17.3. The number of hydrogen-bond donors (Lipinski definition) is 0. The molecule has 0 aliphatic rings. The molecule has 0 radical (unpaired) electrons. The summed E-state index contributed by atoms with van der Waals surface area (Å²) in [5.74, 6) is -0.535. The average Bonchev–Trinajstić information content (AvgIpc) is 3.32. The minimum atomic E-state index is -0.595. The van der Waals surface area contributed by atoms with Crippen LogP contribution in [0, 0.1) is 0 Å². The number of unbranched alkanes of at least 4 members (excludes halogenated alkanes) is 17. The van der Waals surface area contributed by atoms with Gasteiger partial charge in [0.1, 0.15) is 6.61 Å². The van der Waals surface area contributed by atoms with Crippen molar-refractivity contribution in [2.75, 3.05) is 19.8 Å². The standard InChI is InChI=1S/C61H100O5/c1-4-7-10-13-16-19-22-25-28-31-33-36-39-42-45-48-51-54-60(62)65-58-59(57-64-56-53-50-47-44-41-38-35-30-27-24-21-18-15-12-9-6-3)66-61(63)55-52-49-46-43-40-37-34-32-29-26-23-20-17-14-11-8-5-2/h7-8,10-11,16-17,19-20,25-26,28-29,33-34,36-37,42-43,45-46,59H,4-6,9,12-15,18,21-24,27,30-32,35,38-41,44,47-58H2,1-3H3/b10-7-,11-8-,19-16-,20-17-,28-25-,29-26-,36-33-,37-34-,45-42-,46-43-. The summed E-state index contributed by atoms with van der Waals surface area (Å²) >= 11 is 0. The number of carbonyl (C=O) groups excluding carboxylic acids is 2. The lowest BCUT2D eigenvalue weighted by atomic mass is 10.0. The van der Waals surface area contributed by atoms with Gasteiger partial charge in [0, 0.05) is 19.4 Å². The Balaban J connectivity index is 4.47. The fourth-order valence-corrected chi connectivity index (χ4v) is 7.05. The Bertz CT molecular complexity index is 1350. The summed E-state index contributed by atoms with van der Waals surface area (Å²) in [5.41, 5.74) is 0. The molecule has 0 bridgehead atoms. The molecule has 0 aromatic carbocycles. The van der Waals surface area contributed by atoms with E-state index in [0.29, 0.717) is 25.9 Å². The molecule has 5 nitrogen and oxygen atoms in total. The van der Waals surface area contributed by atoms with Crippen molar-refractivity contribution >= 4 is 11.9 Å². The highest BCUT2D eigenvalue weighted by Crippen LogP contribution is 2.14. The van der Waals surface area contributed by atoms with E-state index in [0.717, 1.165) is 96.3 Å². The molecule has 0 aliphatic heterocycles. The van der Waals surface area contributed by atoms with Crippen molar-refractivity contribution < 1.29 is 23.8 Å². The molecule has 1 atom stereocenters. The van der Waals surface area contributed by atoms with E-state index in [9.17, 15) is 9.59 Å². The van der Waals surface area contributed by atoms with Gasteiger partial charge in [0.15, 0.2) is 6.10 Å². The lowest BCUT2D eigenvalue weighted by Gasteiger charge is -2.18. The summed E-state index contributed by atoms with van der Waals surface area (Å²) in [4.78, 5) is 25.4. The van der Waals surface area contributed by atoms with Crippen molar-refractivity contribution in [2.45, 2.75) is 232 Å². The van der Waals surface area contributed by atoms with Gasteiger partial charge in [-0.25, -0.2) is 0 Å². The van der Waals surface area contributed by atoms with Gasteiger partial charge in [-0.15, -0.1) is 0 Å². The highest BCUT2D eigenvalue weighted by Gasteiger charge is 2.17. The Morgan fingerprint density at radius 3 is 1.03 bits per heavy atom. The third kappa shape index (κ3) is 52.9. The second-order valence-corrected chi connectivity index (χ2v) is 17.4. The van der Waals surface area contributed by atoms with E-state index in [1.807, 2.05) is 0 Å². The molecule has 0 rings (SSSR count). The Morgan fingerprint density at radius 1 is 0.348 bits per heavy atom. The van der Waals surface area contributed by atoms with E-state index >= 15 is 0 Å². The third-order valence-corrected chi connectivity index (χ3v) is 11.0. The maximum absolute atomic E-state index is 12.8. The summed E-state index contributed by atoms with van der Waals surface area (Å²) in [7, 11) is 0. The lowest BCUT2D eigenvalue weighted by molar-refractivity contribution is -0.162. The van der Waals surface area contributed by atoms with Gasteiger partial charge < -0.3 is 14.2 Å². The first-order valence-corrected chi connectivity index (χ1v) is 27.1. The highest BCUT2D eigenvalue weighted by molar-refractivity contribution is 5.70. The van der Waals surface area contributed by atoms with Crippen LogP contribution < -0.4 is 0 Å². The number of esters is 2. The molecule has 0 spiro atoms. The lowest BCUT2D eigenvalue weighted by Crippen LogP contribution is -2.30. The van der Waals surface area contributed by atoms with Crippen LogP contribution in [0.5, 0.6) is 0 Å². The van der Waals surface area contributed by atoms with Gasteiger partial charge in [-0.1, -0.05) is 239 Å². The number of hydrogen-bond acceptors (Lipinski definition) is 5. The Kier molecular flexibility index (Phi) is 52.5. The second-order valence-electron chi connectivity index (χ2n) is 17.4. The molecule has 0 saturated carbocycles. The van der Waals surface area contributed by atoms with Crippen LogP contribution in [-0.4, -0.2) is 37.9 Å². The summed E-state index contributed by atoms with van der Waals surface area (Å²) in [6.07, 6.45) is 78.0. The Labute approximate surface area is 407 Å². The fraction of sp³-hybridized carbons (Fsp3) is 0.639. The molecule has 374 valence electrons. The second kappa shape index (κ2) is 55.6.